The second kappa shape index (κ2) is 9.74. The zero-order chi connectivity index (χ0) is 15.2. The van der Waals surface area contributed by atoms with E-state index >= 15 is 0 Å². The van der Waals surface area contributed by atoms with Crippen LogP contribution in [0.2, 0.25) is 0 Å². The normalized spacial score (nSPS) is 27.2. The van der Waals surface area contributed by atoms with Gasteiger partial charge in [0, 0.05) is 25.2 Å². The van der Waals surface area contributed by atoms with Crippen LogP contribution in [0.15, 0.2) is 0 Å². The van der Waals surface area contributed by atoms with Crippen LogP contribution in [-0.2, 0) is 4.79 Å². The Labute approximate surface area is 142 Å². The molecule has 1 aliphatic heterocycles. The SMILES string of the molecule is CCN(C(=O)CN1CCCC(C)C1CN)C1CCCCC1.Cl. The Morgan fingerprint density at radius 1 is 1.18 bits per heavy atom. The lowest BCUT2D eigenvalue weighted by Crippen LogP contribution is -2.53. The molecular weight excluding hydrogens is 298 g/mol. The van der Waals surface area contributed by atoms with Crippen molar-refractivity contribution in [3.8, 4) is 0 Å². The molecule has 2 atom stereocenters. The van der Waals surface area contributed by atoms with Crippen LogP contribution >= 0.6 is 12.4 Å². The van der Waals surface area contributed by atoms with Crippen LogP contribution in [-0.4, -0.2) is 54.0 Å². The third-order valence-corrected chi connectivity index (χ3v) is 5.49. The number of likely N-dealkylation sites (tertiary alicyclic amines) is 1. The summed E-state index contributed by atoms with van der Waals surface area (Å²) in [4.78, 5) is 17.2. The highest BCUT2D eigenvalue weighted by atomic mass is 35.5. The predicted molar refractivity (Wildman–Crippen MR) is 94.3 cm³/mol. The predicted octanol–water partition coefficient (Wildman–Crippen LogP) is 2.65. The number of amides is 1. The van der Waals surface area contributed by atoms with Gasteiger partial charge in [-0.25, -0.2) is 0 Å². The fraction of sp³-hybridized carbons (Fsp3) is 0.941. The van der Waals surface area contributed by atoms with E-state index in [1.807, 2.05) is 0 Å². The van der Waals surface area contributed by atoms with Crippen molar-refractivity contribution in [2.45, 2.75) is 70.9 Å². The van der Waals surface area contributed by atoms with Gasteiger partial charge in [-0.05, 0) is 45.1 Å². The Balaban J connectivity index is 0.00000242. The Morgan fingerprint density at radius 3 is 2.45 bits per heavy atom. The number of carbonyl (C=O) groups excluding carboxylic acids is 1. The molecule has 1 aliphatic carbocycles. The van der Waals surface area contributed by atoms with Gasteiger partial charge in [0.1, 0.15) is 0 Å². The molecule has 1 heterocycles. The summed E-state index contributed by atoms with van der Waals surface area (Å²) in [6.45, 7) is 7.50. The molecule has 1 saturated heterocycles. The molecule has 2 aliphatic rings. The summed E-state index contributed by atoms with van der Waals surface area (Å²) in [6.07, 6.45) is 8.71. The van der Waals surface area contributed by atoms with Crippen molar-refractivity contribution in [3.05, 3.63) is 0 Å². The summed E-state index contributed by atoms with van der Waals surface area (Å²) in [5, 5.41) is 0. The molecule has 0 radical (unpaired) electrons. The fourth-order valence-corrected chi connectivity index (χ4v) is 4.21. The first-order valence-electron chi connectivity index (χ1n) is 8.91. The lowest BCUT2D eigenvalue weighted by Gasteiger charge is -2.41. The standard InChI is InChI=1S/C17H33N3O.ClH/c1-3-20(15-9-5-4-6-10-15)17(21)13-19-11-7-8-14(2)16(19)12-18;/h14-16H,3-13,18H2,1-2H3;1H. The maximum atomic E-state index is 12.8. The average Bonchev–Trinajstić information content (AvgIpc) is 2.49. The van der Waals surface area contributed by atoms with E-state index in [4.69, 9.17) is 5.73 Å². The molecule has 22 heavy (non-hydrogen) atoms. The monoisotopic (exact) mass is 331 g/mol. The van der Waals surface area contributed by atoms with Crippen LogP contribution in [0.5, 0.6) is 0 Å². The molecule has 0 aromatic rings. The largest absolute Gasteiger partial charge is 0.339 e. The van der Waals surface area contributed by atoms with Crippen molar-refractivity contribution in [2.24, 2.45) is 11.7 Å². The van der Waals surface area contributed by atoms with Gasteiger partial charge < -0.3 is 10.6 Å². The number of hydrogen-bond donors (Lipinski definition) is 1. The molecule has 2 rings (SSSR count). The number of likely N-dealkylation sites (N-methyl/N-ethyl adjacent to an activating group) is 1. The van der Waals surface area contributed by atoms with Crippen LogP contribution in [0, 0.1) is 5.92 Å². The first-order chi connectivity index (χ1) is 10.2. The molecule has 1 amide bonds. The second-order valence-electron chi connectivity index (χ2n) is 6.86. The molecule has 5 heteroatoms. The minimum absolute atomic E-state index is 0. The van der Waals surface area contributed by atoms with Gasteiger partial charge in [0.15, 0.2) is 0 Å². The molecule has 130 valence electrons. The minimum Gasteiger partial charge on any atom is -0.339 e. The highest BCUT2D eigenvalue weighted by molar-refractivity contribution is 5.85. The molecule has 0 bridgehead atoms. The van der Waals surface area contributed by atoms with Crippen molar-refractivity contribution in [3.63, 3.8) is 0 Å². The van der Waals surface area contributed by atoms with Crippen LogP contribution in [0.1, 0.15) is 58.8 Å². The average molecular weight is 332 g/mol. The lowest BCUT2D eigenvalue weighted by molar-refractivity contribution is -0.136. The number of nitrogens with two attached hydrogens (primary N) is 1. The first kappa shape index (κ1) is 19.7. The van der Waals surface area contributed by atoms with Gasteiger partial charge >= 0.3 is 0 Å². The zero-order valence-corrected chi connectivity index (χ0v) is 15.1. The molecule has 1 saturated carbocycles. The molecule has 0 aromatic carbocycles. The topological polar surface area (TPSA) is 49.6 Å². The quantitative estimate of drug-likeness (QED) is 0.842. The number of hydrogen-bond acceptors (Lipinski definition) is 3. The fourth-order valence-electron chi connectivity index (χ4n) is 4.21. The van der Waals surface area contributed by atoms with Crippen LogP contribution in [0.3, 0.4) is 0 Å². The summed E-state index contributed by atoms with van der Waals surface area (Å²) in [5.74, 6) is 0.929. The Bertz CT molecular complexity index is 334. The van der Waals surface area contributed by atoms with E-state index in [-0.39, 0.29) is 12.4 Å². The van der Waals surface area contributed by atoms with Crippen LogP contribution in [0.4, 0.5) is 0 Å². The highest BCUT2D eigenvalue weighted by Crippen LogP contribution is 2.25. The number of halogens is 1. The molecule has 2 unspecified atom stereocenters. The van der Waals surface area contributed by atoms with Gasteiger partial charge in [-0.2, -0.15) is 0 Å². The lowest BCUT2D eigenvalue weighted by atomic mass is 9.90. The van der Waals surface area contributed by atoms with E-state index in [9.17, 15) is 4.79 Å². The van der Waals surface area contributed by atoms with E-state index in [0.29, 0.717) is 37.0 Å². The number of nitrogens with zero attached hydrogens (tertiary/aromatic N) is 2. The van der Waals surface area contributed by atoms with Crippen molar-refractivity contribution in [1.29, 1.82) is 0 Å². The highest BCUT2D eigenvalue weighted by Gasteiger charge is 2.31. The van der Waals surface area contributed by atoms with E-state index in [0.717, 1.165) is 13.1 Å². The van der Waals surface area contributed by atoms with E-state index in [2.05, 4.69) is 23.6 Å². The molecular formula is C17H34ClN3O. The maximum Gasteiger partial charge on any atom is 0.236 e. The van der Waals surface area contributed by atoms with E-state index < -0.39 is 0 Å². The second-order valence-corrected chi connectivity index (χ2v) is 6.86. The minimum atomic E-state index is 0. The van der Waals surface area contributed by atoms with Crippen LogP contribution < -0.4 is 5.73 Å². The van der Waals surface area contributed by atoms with E-state index in [1.54, 1.807) is 0 Å². The molecule has 0 spiro atoms. The molecule has 2 fully saturated rings. The number of carbonyl (C=O) groups is 1. The number of piperidine rings is 1. The summed E-state index contributed by atoms with van der Waals surface area (Å²) in [7, 11) is 0. The third kappa shape index (κ3) is 4.84. The van der Waals surface area contributed by atoms with Gasteiger partial charge in [0.25, 0.3) is 0 Å². The third-order valence-electron chi connectivity index (χ3n) is 5.49. The summed E-state index contributed by atoms with van der Waals surface area (Å²) < 4.78 is 0. The van der Waals surface area contributed by atoms with Gasteiger partial charge in [-0.15, -0.1) is 12.4 Å². The van der Waals surface area contributed by atoms with Gasteiger partial charge in [-0.1, -0.05) is 26.2 Å². The molecule has 4 nitrogen and oxygen atoms in total. The van der Waals surface area contributed by atoms with Gasteiger partial charge in [0.2, 0.25) is 5.91 Å². The van der Waals surface area contributed by atoms with Crippen molar-refractivity contribution >= 4 is 18.3 Å². The Morgan fingerprint density at radius 2 is 1.86 bits per heavy atom. The summed E-state index contributed by atoms with van der Waals surface area (Å²) in [6, 6.07) is 0.863. The van der Waals surface area contributed by atoms with Crippen molar-refractivity contribution < 1.29 is 4.79 Å². The van der Waals surface area contributed by atoms with Crippen molar-refractivity contribution in [1.82, 2.24) is 9.80 Å². The maximum absolute atomic E-state index is 12.8. The Kier molecular flexibility index (Phi) is 8.73. The van der Waals surface area contributed by atoms with Gasteiger partial charge in [0.05, 0.1) is 6.54 Å². The zero-order valence-electron chi connectivity index (χ0n) is 14.3. The van der Waals surface area contributed by atoms with Crippen LogP contribution in [0.25, 0.3) is 0 Å². The molecule has 0 aromatic heterocycles. The van der Waals surface area contributed by atoms with Gasteiger partial charge in [-0.3, -0.25) is 9.69 Å². The summed E-state index contributed by atoms with van der Waals surface area (Å²) >= 11 is 0. The smallest absolute Gasteiger partial charge is 0.236 e. The number of rotatable bonds is 5. The summed E-state index contributed by atoms with van der Waals surface area (Å²) in [5.41, 5.74) is 5.94. The first-order valence-corrected chi connectivity index (χ1v) is 8.91. The van der Waals surface area contributed by atoms with E-state index in [1.165, 1.54) is 44.9 Å². The van der Waals surface area contributed by atoms with Crippen molar-refractivity contribution in [2.75, 3.05) is 26.2 Å². The Hall–Kier alpha value is -0.320. The molecule has 2 N–H and O–H groups in total.